The smallest absolute Gasteiger partial charge is 0.407 e. The predicted octanol–water partition coefficient (Wildman–Crippen LogP) is 3.49. The van der Waals surface area contributed by atoms with Crippen molar-refractivity contribution < 1.29 is 18.7 Å². The van der Waals surface area contributed by atoms with Crippen molar-refractivity contribution in [3.63, 3.8) is 0 Å². The maximum Gasteiger partial charge on any atom is 0.407 e. The van der Waals surface area contributed by atoms with E-state index in [0.717, 1.165) is 0 Å². The molecule has 0 saturated carbocycles. The van der Waals surface area contributed by atoms with Crippen LogP contribution >= 0.6 is 15.9 Å². The highest BCUT2D eigenvalue weighted by atomic mass is 79.9. The summed E-state index contributed by atoms with van der Waals surface area (Å²) in [5, 5.41) is 2.55. The number of halogens is 2. The second kappa shape index (κ2) is 6.75. The summed E-state index contributed by atoms with van der Waals surface area (Å²) in [6, 6.07) is 4.26. The molecule has 1 N–H and O–H groups in total. The van der Waals surface area contributed by atoms with Gasteiger partial charge in [0.05, 0.1) is 6.54 Å². The summed E-state index contributed by atoms with van der Waals surface area (Å²) in [4.78, 5) is 11.3. The van der Waals surface area contributed by atoms with Gasteiger partial charge < -0.3 is 14.8 Å². The van der Waals surface area contributed by atoms with Crippen molar-refractivity contribution in [1.82, 2.24) is 5.32 Å². The summed E-state index contributed by atoms with van der Waals surface area (Å²) in [6.07, 6.45) is -0.503. The molecule has 1 rings (SSSR count). The molecule has 1 aromatic carbocycles. The Morgan fingerprint density at radius 3 is 2.63 bits per heavy atom. The number of nitrogens with one attached hydrogen (secondary N) is 1. The van der Waals surface area contributed by atoms with E-state index < -0.39 is 11.7 Å². The fourth-order valence-corrected chi connectivity index (χ4v) is 1.69. The number of ether oxygens (including phenoxy) is 2. The molecule has 1 amide bonds. The molecule has 0 spiro atoms. The number of carbonyl (C=O) groups is 1. The number of amides is 1. The van der Waals surface area contributed by atoms with Gasteiger partial charge in [0.1, 0.15) is 23.8 Å². The molecule has 0 saturated heterocycles. The van der Waals surface area contributed by atoms with Crippen molar-refractivity contribution in [2.24, 2.45) is 0 Å². The summed E-state index contributed by atoms with van der Waals surface area (Å²) in [7, 11) is 0. The molecule has 0 aliphatic rings. The van der Waals surface area contributed by atoms with E-state index in [0.29, 0.717) is 10.2 Å². The first-order valence-corrected chi connectivity index (χ1v) is 6.61. The van der Waals surface area contributed by atoms with E-state index in [4.69, 9.17) is 9.47 Å². The second-order valence-electron chi connectivity index (χ2n) is 4.88. The van der Waals surface area contributed by atoms with Crippen LogP contribution in [0.5, 0.6) is 5.75 Å². The Hall–Kier alpha value is -1.30. The van der Waals surface area contributed by atoms with E-state index in [9.17, 15) is 9.18 Å². The van der Waals surface area contributed by atoms with Crippen LogP contribution in [-0.4, -0.2) is 24.8 Å². The zero-order chi connectivity index (χ0) is 14.5. The highest BCUT2D eigenvalue weighted by Gasteiger charge is 2.15. The zero-order valence-electron chi connectivity index (χ0n) is 11.1. The van der Waals surface area contributed by atoms with Crippen LogP contribution in [0.3, 0.4) is 0 Å². The number of carbonyl (C=O) groups excluding carboxylic acids is 1. The fraction of sp³-hybridized carbons (Fsp3) is 0.462. The molecule has 6 heteroatoms. The van der Waals surface area contributed by atoms with E-state index in [1.807, 2.05) is 0 Å². The summed E-state index contributed by atoms with van der Waals surface area (Å²) in [5.74, 6) is 0.0161. The van der Waals surface area contributed by atoms with Gasteiger partial charge >= 0.3 is 6.09 Å². The van der Waals surface area contributed by atoms with Crippen LogP contribution in [0, 0.1) is 5.82 Å². The molecule has 0 heterocycles. The van der Waals surface area contributed by atoms with Crippen molar-refractivity contribution in [2.45, 2.75) is 26.4 Å². The standard InChI is InChI=1S/C13H17BrFNO3/c1-13(2,3)19-12(17)16-4-5-18-11-7-9(14)6-10(15)8-11/h6-8H,4-5H2,1-3H3,(H,16,17). The van der Waals surface area contributed by atoms with Gasteiger partial charge in [-0.1, -0.05) is 15.9 Å². The maximum absolute atomic E-state index is 13.1. The molecule has 19 heavy (non-hydrogen) atoms. The number of alkyl carbamates (subject to hydrolysis) is 1. The SMILES string of the molecule is CC(C)(C)OC(=O)NCCOc1cc(F)cc(Br)c1. The minimum absolute atomic E-state index is 0.231. The predicted molar refractivity (Wildman–Crippen MR) is 73.8 cm³/mol. The van der Waals surface area contributed by atoms with Gasteiger partial charge in [0, 0.05) is 10.5 Å². The van der Waals surface area contributed by atoms with Gasteiger partial charge in [-0.15, -0.1) is 0 Å². The Labute approximate surface area is 120 Å². The molecule has 1 aromatic rings. The lowest BCUT2D eigenvalue weighted by Crippen LogP contribution is -2.34. The quantitative estimate of drug-likeness (QED) is 0.858. The average molecular weight is 334 g/mol. The van der Waals surface area contributed by atoms with Crippen LogP contribution in [0.25, 0.3) is 0 Å². The van der Waals surface area contributed by atoms with Crippen molar-refractivity contribution in [2.75, 3.05) is 13.2 Å². The Balaban J connectivity index is 2.29. The van der Waals surface area contributed by atoms with Gasteiger partial charge in [0.25, 0.3) is 0 Å². The lowest BCUT2D eigenvalue weighted by Gasteiger charge is -2.19. The highest BCUT2D eigenvalue weighted by molar-refractivity contribution is 9.10. The second-order valence-corrected chi connectivity index (χ2v) is 5.80. The van der Waals surface area contributed by atoms with E-state index in [1.165, 1.54) is 12.1 Å². The van der Waals surface area contributed by atoms with E-state index in [1.54, 1.807) is 26.8 Å². The van der Waals surface area contributed by atoms with Crippen LogP contribution in [0.1, 0.15) is 20.8 Å². The normalized spacial score (nSPS) is 11.0. The topological polar surface area (TPSA) is 47.6 Å². The van der Waals surface area contributed by atoms with Gasteiger partial charge in [-0.2, -0.15) is 0 Å². The molecule has 0 bridgehead atoms. The number of hydrogen-bond donors (Lipinski definition) is 1. The number of rotatable bonds is 4. The third kappa shape index (κ3) is 7.00. The van der Waals surface area contributed by atoms with Crippen LogP contribution < -0.4 is 10.1 Å². The Kier molecular flexibility index (Phi) is 5.60. The molecule has 0 aliphatic heterocycles. The maximum atomic E-state index is 13.1. The summed E-state index contributed by atoms with van der Waals surface area (Å²) >= 11 is 3.17. The fourth-order valence-electron chi connectivity index (χ4n) is 1.25. The van der Waals surface area contributed by atoms with Crippen molar-refractivity contribution in [1.29, 1.82) is 0 Å². The lowest BCUT2D eigenvalue weighted by molar-refractivity contribution is 0.0520. The molecule has 0 fully saturated rings. The van der Waals surface area contributed by atoms with Crippen LogP contribution in [0.2, 0.25) is 0 Å². The van der Waals surface area contributed by atoms with Crippen molar-refractivity contribution in [3.05, 3.63) is 28.5 Å². The highest BCUT2D eigenvalue weighted by Crippen LogP contribution is 2.20. The Bertz CT molecular complexity index is 426. The zero-order valence-corrected chi connectivity index (χ0v) is 12.7. The summed E-state index contributed by atoms with van der Waals surface area (Å²) in [6.45, 7) is 5.87. The summed E-state index contributed by atoms with van der Waals surface area (Å²) in [5.41, 5.74) is -0.529. The first kappa shape index (κ1) is 15.8. The van der Waals surface area contributed by atoms with E-state index in [-0.39, 0.29) is 19.0 Å². The van der Waals surface area contributed by atoms with Crippen LogP contribution in [-0.2, 0) is 4.74 Å². The lowest BCUT2D eigenvalue weighted by atomic mass is 10.2. The van der Waals surface area contributed by atoms with Gasteiger partial charge in [0.15, 0.2) is 0 Å². The minimum atomic E-state index is -0.529. The molecule has 0 radical (unpaired) electrons. The number of hydrogen-bond acceptors (Lipinski definition) is 3. The molecule has 0 aromatic heterocycles. The first-order chi connectivity index (χ1) is 8.76. The largest absolute Gasteiger partial charge is 0.492 e. The molecule has 0 aliphatic carbocycles. The minimum Gasteiger partial charge on any atom is -0.492 e. The van der Waals surface area contributed by atoms with Gasteiger partial charge in [0.2, 0.25) is 0 Å². The molecule has 0 unspecified atom stereocenters. The first-order valence-electron chi connectivity index (χ1n) is 5.82. The third-order valence-corrected chi connectivity index (χ3v) is 2.33. The van der Waals surface area contributed by atoms with Crippen LogP contribution in [0.15, 0.2) is 22.7 Å². The van der Waals surface area contributed by atoms with Crippen molar-refractivity contribution >= 4 is 22.0 Å². The van der Waals surface area contributed by atoms with Gasteiger partial charge in [-0.05, 0) is 32.9 Å². The summed E-state index contributed by atoms with van der Waals surface area (Å²) < 4.78 is 24.0. The molecular weight excluding hydrogens is 317 g/mol. The van der Waals surface area contributed by atoms with E-state index >= 15 is 0 Å². The third-order valence-electron chi connectivity index (χ3n) is 1.88. The molecular formula is C13H17BrFNO3. The van der Waals surface area contributed by atoms with E-state index in [2.05, 4.69) is 21.2 Å². The van der Waals surface area contributed by atoms with Crippen LogP contribution in [0.4, 0.5) is 9.18 Å². The van der Waals surface area contributed by atoms with Crippen molar-refractivity contribution in [3.8, 4) is 5.75 Å². The Morgan fingerprint density at radius 2 is 2.05 bits per heavy atom. The molecule has 106 valence electrons. The average Bonchev–Trinajstić information content (AvgIpc) is 2.20. The number of benzene rings is 1. The molecule has 4 nitrogen and oxygen atoms in total. The van der Waals surface area contributed by atoms with Gasteiger partial charge in [-0.3, -0.25) is 0 Å². The monoisotopic (exact) mass is 333 g/mol. The van der Waals surface area contributed by atoms with Gasteiger partial charge in [-0.25, -0.2) is 9.18 Å². The Morgan fingerprint density at radius 1 is 1.37 bits per heavy atom. The molecule has 0 atom stereocenters.